The van der Waals surface area contributed by atoms with Gasteiger partial charge in [0.15, 0.2) is 0 Å². The molecular weight excluding hydrogens is 290 g/mol. The van der Waals surface area contributed by atoms with Gasteiger partial charge in [-0.2, -0.15) is 10.1 Å². The molecule has 116 valence electrons. The highest BCUT2D eigenvalue weighted by Gasteiger charge is 2.44. The molecule has 1 fully saturated rings. The van der Waals surface area contributed by atoms with Crippen LogP contribution in [0.2, 0.25) is 0 Å². The van der Waals surface area contributed by atoms with Gasteiger partial charge >= 0.3 is 0 Å². The zero-order valence-electron chi connectivity index (χ0n) is 12.5. The number of hydrogen-bond acceptors (Lipinski definition) is 4. The highest BCUT2D eigenvalue weighted by Crippen LogP contribution is 2.35. The number of rotatable bonds is 2. The molecule has 0 radical (unpaired) electrons. The van der Waals surface area contributed by atoms with Crippen LogP contribution in [-0.2, 0) is 0 Å². The van der Waals surface area contributed by atoms with Crippen LogP contribution < -0.4 is 0 Å². The Morgan fingerprint density at radius 3 is 2.39 bits per heavy atom. The minimum atomic E-state index is -1.02. The fourth-order valence-electron chi connectivity index (χ4n) is 3.23. The molecule has 0 aromatic heterocycles. The number of amidine groups is 1. The van der Waals surface area contributed by atoms with E-state index < -0.39 is 6.35 Å². The van der Waals surface area contributed by atoms with Crippen LogP contribution in [0.4, 0.5) is 0 Å². The molecule has 2 atom stereocenters. The number of hydrazone groups is 1. The van der Waals surface area contributed by atoms with Crippen LogP contribution in [0.25, 0.3) is 0 Å². The number of aliphatic hydroxyl groups excluding tert-OH is 1. The molecule has 1 saturated heterocycles. The summed E-state index contributed by atoms with van der Waals surface area (Å²) in [6.07, 6.45) is -0.126. The number of benzene rings is 2. The van der Waals surface area contributed by atoms with Gasteiger partial charge < -0.3 is 10.0 Å². The van der Waals surface area contributed by atoms with Crippen LogP contribution in [0, 0.1) is 0 Å². The molecule has 0 spiro atoms. The van der Waals surface area contributed by atoms with Crippen LogP contribution in [0.3, 0.4) is 0 Å². The largest absolute Gasteiger partial charge is 0.355 e. The third-order valence-corrected chi connectivity index (χ3v) is 4.40. The van der Waals surface area contributed by atoms with Gasteiger partial charge in [0.05, 0.1) is 0 Å². The van der Waals surface area contributed by atoms with Gasteiger partial charge in [-0.25, -0.2) is 0 Å². The summed E-state index contributed by atoms with van der Waals surface area (Å²) in [6, 6.07) is 19.0. The Morgan fingerprint density at radius 1 is 1.04 bits per heavy atom. The Kier molecular flexibility index (Phi) is 3.35. The first kappa shape index (κ1) is 14.0. The summed E-state index contributed by atoms with van der Waals surface area (Å²) in [6.45, 7) is 0.693. The van der Waals surface area contributed by atoms with Crippen molar-refractivity contribution >= 4 is 11.7 Å². The van der Waals surface area contributed by atoms with Crippen molar-refractivity contribution in [3.8, 4) is 0 Å². The summed E-state index contributed by atoms with van der Waals surface area (Å²) < 4.78 is 0. The van der Waals surface area contributed by atoms with Crippen LogP contribution in [0.5, 0.6) is 0 Å². The third kappa shape index (κ3) is 2.29. The molecule has 0 aliphatic carbocycles. The molecule has 2 aromatic rings. The Balaban J connectivity index is 1.65. The van der Waals surface area contributed by atoms with E-state index in [4.69, 9.17) is 0 Å². The summed E-state index contributed by atoms with van der Waals surface area (Å²) >= 11 is 0. The number of carbonyl (C=O) groups excluding carboxylic acids is 1. The maximum absolute atomic E-state index is 12.6. The highest BCUT2D eigenvalue weighted by molar-refractivity contribution is 5.99. The molecule has 5 nitrogen and oxygen atoms in total. The summed E-state index contributed by atoms with van der Waals surface area (Å²) in [5.74, 6) is 0.610. The molecule has 1 amide bonds. The number of nitrogens with zero attached hydrogens (tertiary/aromatic N) is 3. The van der Waals surface area contributed by atoms with E-state index in [-0.39, 0.29) is 11.8 Å². The third-order valence-electron chi connectivity index (χ3n) is 4.40. The van der Waals surface area contributed by atoms with Crippen molar-refractivity contribution in [1.82, 2.24) is 9.91 Å². The fraction of sp³-hybridized carbons (Fsp3) is 0.222. The maximum Gasteiger partial charge on any atom is 0.277 e. The van der Waals surface area contributed by atoms with Gasteiger partial charge in [0.2, 0.25) is 6.35 Å². The lowest BCUT2D eigenvalue weighted by atomic mass is 9.98. The number of carbonyl (C=O) groups is 1. The minimum Gasteiger partial charge on any atom is -0.355 e. The van der Waals surface area contributed by atoms with E-state index in [0.29, 0.717) is 12.1 Å². The number of fused-ring (bicyclic) bond motifs is 1. The van der Waals surface area contributed by atoms with E-state index in [1.54, 1.807) is 29.2 Å². The van der Waals surface area contributed by atoms with E-state index in [1.807, 2.05) is 24.3 Å². The molecule has 2 unspecified atom stereocenters. The first-order chi connectivity index (χ1) is 11.3. The second-order valence-corrected chi connectivity index (χ2v) is 5.77. The lowest BCUT2D eigenvalue weighted by Crippen LogP contribution is -2.42. The average Bonchev–Trinajstić information content (AvgIpc) is 3.16. The molecule has 0 saturated carbocycles. The van der Waals surface area contributed by atoms with Crippen molar-refractivity contribution in [3.63, 3.8) is 0 Å². The Labute approximate surface area is 134 Å². The molecule has 2 aromatic carbocycles. The topological polar surface area (TPSA) is 56.1 Å². The van der Waals surface area contributed by atoms with Crippen molar-refractivity contribution in [2.45, 2.75) is 18.7 Å². The molecule has 2 aliphatic rings. The molecule has 2 heterocycles. The SMILES string of the molecule is O=C(c1ccccc1)N1N=C2C(c3ccccc3)CCN2C1O. The monoisotopic (exact) mass is 307 g/mol. The Bertz CT molecular complexity index is 745. The Morgan fingerprint density at radius 2 is 1.70 bits per heavy atom. The van der Waals surface area contributed by atoms with Gasteiger partial charge in [-0.15, -0.1) is 0 Å². The Hall–Kier alpha value is -2.66. The molecule has 0 bridgehead atoms. The van der Waals surface area contributed by atoms with Crippen LogP contribution >= 0.6 is 0 Å². The second kappa shape index (κ2) is 5.52. The van der Waals surface area contributed by atoms with Crippen molar-refractivity contribution < 1.29 is 9.90 Å². The average molecular weight is 307 g/mol. The van der Waals surface area contributed by atoms with Crippen LogP contribution in [-0.4, -0.2) is 39.7 Å². The predicted molar refractivity (Wildman–Crippen MR) is 86.6 cm³/mol. The maximum atomic E-state index is 12.6. The minimum absolute atomic E-state index is 0.124. The number of amides is 1. The second-order valence-electron chi connectivity index (χ2n) is 5.77. The van der Waals surface area contributed by atoms with Crippen molar-refractivity contribution in [3.05, 3.63) is 71.8 Å². The van der Waals surface area contributed by atoms with Crippen LogP contribution in [0.1, 0.15) is 28.3 Å². The lowest BCUT2D eigenvalue weighted by Gasteiger charge is -2.23. The predicted octanol–water partition coefficient (Wildman–Crippen LogP) is 2.22. The summed E-state index contributed by atoms with van der Waals surface area (Å²) in [5.41, 5.74) is 1.68. The van der Waals surface area contributed by atoms with Gasteiger partial charge in [-0.1, -0.05) is 48.5 Å². The van der Waals surface area contributed by atoms with E-state index >= 15 is 0 Å². The summed E-state index contributed by atoms with van der Waals surface area (Å²) in [5, 5.41) is 16.1. The standard InChI is InChI=1S/C18H17N3O2/c22-17(14-9-5-2-6-10-14)21-18(23)20-12-11-15(16(20)19-21)13-7-3-1-4-8-13/h1-10,15,18,23H,11-12H2. The first-order valence-corrected chi connectivity index (χ1v) is 7.72. The van der Waals surface area contributed by atoms with E-state index in [1.165, 1.54) is 5.01 Å². The van der Waals surface area contributed by atoms with Crippen molar-refractivity contribution in [2.24, 2.45) is 5.10 Å². The van der Waals surface area contributed by atoms with Gasteiger partial charge in [-0.05, 0) is 24.1 Å². The summed E-state index contributed by atoms with van der Waals surface area (Å²) in [7, 11) is 0. The molecule has 2 aliphatic heterocycles. The van der Waals surface area contributed by atoms with E-state index in [2.05, 4.69) is 17.2 Å². The van der Waals surface area contributed by atoms with E-state index in [9.17, 15) is 9.90 Å². The zero-order chi connectivity index (χ0) is 15.8. The number of hydrogen-bond donors (Lipinski definition) is 1. The van der Waals surface area contributed by atoms with Gasteiger partial charge in [0.25, 0.3) is 5.91 Å². The molecule has 1 N–H and O–H groups in total. The lowest BCUT2D eigenvalue weighted by molar-refractivity contribution is -0.0407. The number of aliphatic hydroxyl groups is 1. The fourth-order valence-corrected chi connectivity index (χ4v) is 3.23. The quantitative estimate of drug-likeness (QED) is 0.925. The smallest absolute Gasteiger partial charge is 0.277 e. The molecule has 4 rings (SSSR count). The zero-order valence-corrected chi connectivity index (χ0v) is 12.5. The van der Waals surface area contributed by atoms with Gasteiger partial charge in [0, 0.05) is 18.0 Å². The first-order valence-electron chi connectivity index (χ1n) is 7.72. The highest BCUT2D eigenvalue weighted by atomic mass is 16.3. The van der Waals surface area contributed by atoms with Crippen molar-refractivity contribution in [2.75, 3.05) is 6.54 Å². The van der Waals surface area contributed by atoms with Crippen molar-refractivity contribution in [1.29, 1.82) is 0 Å². The van der Waals surface area contributed by atoms with E-state index in [0.717, 1.165) is 17.8 Å². The van der Waals surface area contributed by atoms with Gasteiger partial charge in [-0.3, -0.25) is 4.79 Å². The molecule has 23 heavy (non-hydrogen) atoms. The molecular formula is C18H17N3O2. The summed E-state index contributed by atoms with van der Waals surface area (Å²) in [4.78, 5) is 14.4. The van der Waals surface area contributed by atoms with Crippen LogP contribution in [0.15, 0.2) is 65.8 Å². The molecule has 5 heteroatoms. The normalized spacial score (nSPS) is 22.9. The van der Waals surface area contributed by atoms with Gasteiger partial charge in [0.1, 0.15) is 5.84 Å².